The van der Waals surface area contributed by atoms with E-state index in [4.69, 9.17) is 5.73 Å². The van der Waals surface area contributed by atoms with E-state index in [1.807, 2.05) is 6.92 Å². The summed E-state index contributed by atoms with van der Waals surface area (Å²) in [5.74, 6) is 0. The molecule has 1 aromatic rings. The molecule has 108 valence electrons. The van der Waals surface area contributed by atoms with Crippen molar-refractivity contribution < 1.29 is 16.8 Å². The van der Waals surface area contributed by atoms with Crippen LogP contribution in [-0.4, -0.2) is 29.1 Å². The second-order valence-electron chi connectivity index (χ2n) is 4.40. The maximum absolute atomic E-state index is 12.1. The molecule has 0 radical (unpaired) electrons. The van der Waals surface area contributed by atoms with Gasteiger partial charge in [-0.1, -0.05) is 6.92 Å². The number of nitrogens with one attached hydrogen (secondary N) is 1. The lowest BCUT2D eigenvalue weighted by Gasteiger charge is -2.14. The molecule has 1 aromatic carbocycles. The van der Waals surface area contributed by atoms with Gasteiger partial charge in [0.15, 0.2) is 9.84 Å². The number of hydrogen-bond donors (Lipinski definition) is 2. The average Bonchev–Trinajstić information content (AvgIpc) is 2.26. The van der Waals surface area contributed by atoms with Gasteiger partial charge in [0.2, 0.25) is 10.0 Å². The summed E-state index contributed by atoms with van der Waals surface area (Å²) in [6, 6.07) is 3.38. The predicted octanol–water partition coefficient (Wildman–Crippen LogP) is 0.749. The molecule has 3 N–H and O–H groups in total. The molecule has 0 aromatic heterocycles. The van der Waals surface area contributed by atoms with E-state index in [1.165, 1.54) is 12.1 Å². The number of nitrogen functional groups attached to an aromatic ring is 1. The Bertz CT molecular complexity index is 666. The van der Waals surface area contributed by atoms with Crippen LogP contribution in [0.3, 0.4) is 0 Å². The molecule has 0 bridgehead atoms. The Labute approximate surface area is 114 Å². The summed E-state index contributed by atoms with van der Waals surface area (Å²) in [5, 5.41) is 0. The van der Waals surface area contributed by atoms with Gasteiger partial charge < -0.3 is 5.73 Å². The van der Waals surface area contributed by atoms with Crippen molar-refractivity contribution in [2.75, 3.05) is 12.0 Å². The zero-order chi connectivity index (χ0) is 14.8. The minimum atomic E-state index is -3.82. The Morgan fingerprint density at radius 2 is 1.84 bits per heavy atom. The molecule has 1 atom stereocenters. The van der Waals surface area contributed by atoms with Crippen LogP contribution in [0.1, 0.15) is 20.3 Å². The maximum Gasteiger partial charge on any atom is 0.242 e. The number of anilines is 1. The molecule has 0 aliphatic carbocycles. The average molecular weight is 306 g/mol. The molecule has 0 fully saturated rings. The molecule has 0 saturated carbocycles. The Morgan fingerprint density at radius 1 is 1.26 bits per heavy atom. The van der Waals surface area contributed by atoms with Crippen LogP contribution in [0, 0.1) is 0 Å². The van der Waals surface area contributed by atoms with Gasteiger partial charge in [-0.25, -0.2) is 21.6 Å². The molecule has 6 nitrogen and oxygen atoms in total. The van der Waals surface area contributed by atoms with Gasteiger partial charge in [0.05, 0.1) is 10.6 Å². The molecular weight excluding hydrogens is 288 g/mol. The first-order valence-corrected chi connectivity index (χ1v) is 9.07. The highest BCUT2D eigenvalue weighted by Gasteiger charge is 2.21. The second-order valence-corrected chi connectivity index (χ2v) is 8.10. The quantitative estimate of drug-likeness (QED) is 0.781. The van der Waals surface area contributed by atoms with Gasteiger partial charge in [0.25, 0.3) is 0 Å². The Hall–Kier alpha value is -1.12. The molecule has 0 aliphatic rings. The van der Waals surface area contributed by atoms with Crippen LogP contribution in [0.25, 0.3) is 0 Å². The summed E-state index contributed by atoms with van der Waals surface area (Å²) in [6.07, 6.45) is 1.63. The third-order valence-electron chi connectivity index (χ3n) is 2.67. The van der Waals surface area contributed by atoms with E-state index in [9.17, 15) is 16.8 Å². The van der Waals surface area contributed by atoms with Crippen molar-refractivity contribution in [3.8, 4) is 0 Å². The van der Waals surface area contributed by atoms with Crippen molar-refractivity contribution in [3.63, 3.8) is 0 Å². The molecule has 1 rings (SSSR count). The zero-order valence-corrected chi connectivity index (χ0v) is 12.7. The molecule has 0 spiro atoms. The largest absolute Gasteiger partial charge is 0.398 e. The second kappa shape index (κ2) is 5.48. The van der Waals surface area contributed by atoms with E-state index in [0.717, 1.165) is 12.3 Å². The first kappa shape index (κ1) is 15.9. The summed E-state index contributed by atoms with van der Waals surface area (Å²) in [7, 11) is -7.31. The fourth-order valence-electron chi connectivity index (χ4n) is 1.39. The number of sulfone groups is 1. The number of benzene rings is 1. The van der Waals surface area contributed by atoms with Gasteiger partial charge >= 0.3 is 0 Å². The lowest BCUT2D eigenvalue weighted by molar-refractivity contribution is 0.556. The zero-order valence-electron chi connectivity index (χ0n) is 11.0. The normalized spacial score (nSPS) is 14.3. The van der Waals surface area contributed by atoms with Crippen LogP contribution in [0.15, 0.2) is 28.0 Å². The fraction of sp³-hybridized carbons (Fsp3) is 0.455. The van der Waals surface area contributed by atoms with E-state index < -0.39 is 19.9 Å². The lowest BCUT2D eigenvalue weighted by atomic mass is 10.3. The van der Waals surface area contributed by atoms with E-state index in [2.05, 4.69) is 4.72 Å². The highest BCUT2D eigenvalue weighted by Crippen LogP contribution is 2.22. The smallest absolute Gasteiger partial charge is 0.242 e. The molecular formula is C11H18N2O4S2. The molecule has 0 aliphatic heterocycles. The molecule has 0 heterocycles. The van der Waals surface area contributed by atoms with Gasteiger partial charge in [-0.3, -0.25) is 0 Å². The van der Waals surface area contributed by atoms with Gasteiger partial charge in [-0.2, -0.15) is 0 Å². The number of hydrogen-bond acceptors (Lipinski definition) is 5. The highest BCUT2D eigenvalue weighted by molar-refractivity contribution is 7.91. The monoisotopic (exact) mass is 306 g/mol. The Balaban J connectivity index is 3.34. The molecule has 0 saturated heterocycles. The van der Waals surface area contributed by atoms with Gasteiger partial charge in [0, 0.05) is 12.3 Å². The molecule has 19 heavy (non-hydrogen) atoms. The lowest BCUT2D eigenvalue weighted by Crippen LogP contribution is -2.32. The van der Waals surface area contributed by atoms with Crippen molar-refractivity contribution in [1.82, 2.24) is 4.72 Å². The summed E-state index contributed by atoms with van der Waals surface area (Å²) in [5.41, 5.74) is 5.64. The highest BCUT2D eigenvalue weighted by atomic mass is 32.2. The van der Waals surface area contributed by atoms with Crippen LogP contribution < -0.4 is 10.5 Å². The van der Waals surface area contributed by atoms with Crippen LogP contribution in [0.4, 0.5) is 5.69 Å². The number of rotatable bonds is 5. The SMILES string of the molecule is CCC(C)NS(=O)(=O)c1cc(S(C)(=O)=O)ccc1N. The van der Waals surface area contributed by atoms with Crippen LogP contribution in [0.5, 0.6) is 0 Å². The molecule has 1 unspecified atom stereocenters. The van der Waals surface area contributed by atoms with Gasteiger partial charge in [-0.05, 0) is 31.5 Å². The van der Waals surface area contributed by atoms with Gasteiger partial charge in [0.1, 0.15) is 4.90 Å². The minimum Gasteiger partial charge on any atom is -0.398 e. The molecule has 0 amide bonds. The number of nitrogens with two attached hydrogens (primary N) is 1. The minimum absolute atomic E-state index is 0.0169. The third-order valence-corrected chi connectivity index (χ3v) is 5.43. The van der Waals surface area contributed by atoms with Crippen LogP contribution in [-0.2, 0) is 19.9 Å². The van der Waals surface area contributed by atoms with Crippen LogP contribution >= 0.6 is 0 Å². The fourth-order valence-corrected chi connectivity index (χ4v) is 3.60. The van der Waals surface area contributed by atoms with Crippen molar-refractivity contribution in [1.29, 1.82) is 0 Å². The van der Waals surface area contributed by atoms with Crippen molar-refractivity contribution in [2.24, 2.45) is 0 Å². The predicted molar refractivity (Wildman–Crippen MR) is 74.0 cm³/mol. The van der Waals surface area contributed by atoms with E-state index in [-0.39, 0.29) is 21.5 Å². The van der Waals surface area contributed by atoms with E-state index in [0.29, 0.717) is 6.42 Å². The van der Waals surface area contributed by atoms with Crippen molar-refractivity contribution >= 4 is 25.5 Å². The Kier molecular flexibility index (Phi) is 4.59. The summed E-state index contributed by atoms with van der Waals surface area (Å²) in [6.45, 7) is 3.55. The maximum atomic E-state index is 12.1. The topological polar surface area (TPSA) is 106 Å². The summed E-state index contributed by atoms with van der Waals surface area (Å²) in [4.78, 5) is -0.290. The van der Waals surface area contributed by atoms with Crippen LogP contribution in [0.2, 0.25) is 0 Å². The summed E-state index contributed by atoms with van der Waals surface area (Å²) >= 11 is 0. The Morgan fingerprint density at radius 3 is 2.32 bits per heavy atom. The first-order chi connectivity index (χ1) is 8.58. The van der Waals surface area contributed by atoms with Crippen molar-refractivity contribution in [2.45, 2.75) is 36.1 Å². The number of sulfonamides is 1. The van der Waals surface area contributed by atoms with E-state index >= 15 is 0 Å². The summed E-state index contributed by atoms with van der Waals surface area (Å²) < 4.78 is 49.6. The van der Waals surface area contributed by atoms with E-state index in [1.54, 1.807) is 6.92 Å². The van der Waals surface area contributed by atoms with Gasteiger partial charge in [-0.15, -0.1) is 0 Å². The van der Waals surface area contributed by atoms with Crippen molar-refractivity contribution in [3.05, 3.63) is 18.2 Å². The standard InChI is InChI=1S/C11H18N2O4S2/c1-4-8(2)13-19(16,17)11-7-9(18(3,14)15)5-6-10(11)12/h5-8,13H,4,12H2,1-3H3. The molecule has 8 heteroatoms. The first-order valence-electron chi connectivity index (χ1n) is 5.70. The third kappa shape index (κ3) is 3.92.